The van der Waals surface area contributed by atoms with Gasteiger partial charge in [0.2, 0.25) is 5.91 Å². The zero-order chi connectivity index (χ0) is 16.1. The Balaban J connectivity index is 1.51. The Morgan fingerprint density at radius 2 is 1.87 bits per heavy atom. The lowest BCUT2D eigenvalue weighted by molar-refractivity contribution is -0.123. The van der Waals surface area contributed by atoms with Crippen molar-refractivity contribution in [3.63, 3.8) is 0 Å². The normalized spacial score (nSPS) is 25.8. The van der Waals surface area contributed by atoms with Crippen molar-refractivity contribution in [2.24, 2.45) is 11.8 Å². The number of carbonyl (C=O) groups excluding carboxylic acids is 1. The van der Waals surface area contributed by atoms with Gasteiger partial charge in [-0.2, -0.15) is 0 Å². The fraction of sp³-hybridized carbons (Fsp3) is 0.650. The molecule has 2 fully saturated rings. The third kappa shape index (κ3) is 4.81. The van der Waals surface area contributed by atoms with Gasteiger partial charge in [0.05, 0.1) is 6.10 Å². The highest BCUT2D eigenvalue weighted by molar-refractivity contribution is 5.76. The van der Waals surface area contributed by atoms with Crippen LogP contribution in [0.4, 0.5) is 0 Å². The van der Waals surface area contributed by atoms with E-state index in [-0.39, 0.29) is 18.1 Å². The number of amides is 1. The molecule has 2 aliphatic carbocycles. The topological polar surface area (TPSA) is 49.3 Å². The van der Waals surface area contributed by atoms with Crippen molar-refractivity contribution in [3.05, 3.63) is 35.9 Å². The van der Waals surface area contributed by atoms with Crippen LogP contribution in [-0.4, -0.2) is 23.2 Å². The Morgan fingerprint density at radius 3 is 2.52 bits per heavy atom. The predicted molar refractivity (Wildman–Crippen MR) is 92.0 cm³/mol. The molecule has 3 nitrogen and oxygen atoms in total. The third-order valence-corrected chi connectivity index (χ3v) is 5.62. The molecular weight excluding hydrogens is 286 g/mol. The summed E-state index contributed by atoms with van der Waals surface area (Å²) in [6, 6.07) is 10.5. The highest BCUT2D eigenvalue weighted by Crippen LogP contribution is 2.32. The molecule has 3 heteroatoms. The standard InChI is InChI=1S/C20H29NO2/c22-18-13-17(14-18)19(12-16-8-2-1-3-9-16)21-20(23)11-10-15-6-4-5-7-15/h1-3,8-9,15,17-19,22H,4-7,10-14H2,(H,21,23)/t17?,18?,19-/m1/s1. The van der Waals surface area contributed by atoms with E-state index in [0.717, 1.165) is 31.6 Å². The molecule has 2 aliphatic rings. The summed E-state index contributed by atoms with van der Waals surface area (Å²) < 4.78 is 0. The molecule has 2 saturated carbocycles. The van der Waals surface area contributed by atoms with Crippen LogP contribution >= 0.6 is 0 Å². The summed E-state index contributed by atoms with van der Waals surface area (Å²) in [6.07, 6.45) is 9.31. The molecule has 1 amide bonds. The van der Waals surface area contributed by atoms with Crippen LogP contribution in [0.2, 0.25) is 0 Å². The average Bonchev–Trinajstić information content (AvgIpc) is 3.04. The lowest BCUT2D eigenvalue weighted by Gasteiger charge is -2.38. The summed E-state index contributed by atoms with van der Waals surface area (Å²) in [5, 5.41) is 12.9. The lowest BCUT2D eigenvalue weighted by Crippen LogP contribution is -2.48. The van der Waals surface area contributed by atoms with Crippen LogP contribution in [0.1, 0.15) is 56.9 Å². The van der Waals surface area contributed by atoms with Crippen LogP contribution in [0.25, 0.3) is 0 Å². The van der Waals surface area contributed by atoms with Crippen LogP contribution in [0.3, 0.4) is 0 Å². The maximum absolute atomic E-state index is 12.4. The van der Waals surface area contributed by atoms with E-state index < -0.39 is 0 Å². The van der Waals surface area contributed by atoms with E-state index in [9.17, 15) is 9.90 Å². The van der Waals surface area contributed by atoms with Crippen LogP contribution in [-0.2, 0) is 11.2 Å². The minimum atomic E-state index is -0.173. The van der Waals surface area contributed by atoms with Gasteiger partial charge in [-0.25, -0.2) is 0 Å². The smallest absolute Gasteiger partial charge is 0.220 e. The second-order valence-corrected chi connectivity index (χ2v) is 7.44. The molecule has 0 heterocycles. The minimum Gasteiger partial charge on any atom is -0.393 e. The van der Waals surface area contributed by atoms with Crippen molar-refractivity contribution in [2.75, 3.05) is 0 Å². The Kier molecular flexibility index (Phi) is 5.71. The molecule has 1 atom stereocenters. The first-order valence-corrected chi connectivity index (χ1v) is 9.22. The second-order valence-electron chi connectivity index (χ2n) is 7.44. The molecule has 0 radical (unpaired) electrons. The zero-order valence-corrected chi connectivity index (χ0v) is 13.9. The number of hydrogen-bond acceptors (Lipinski definition) is 2. The molecule has 1 aromatic rings. The van der Waals surface area contributed by atoms with Crippen molar-refractivity contribution in [3.8, 4) is 0 Å². The molecule has 0 aromatic heterocycles. The predicted octanol–water partition coefficient (Wildman–Crippen LogP) is 3.46. The number of rotatable bonds is 7. The van der Waals surface area contributed by atoms with E-state index in [1.165, 1.54) is 31.2 Å². The van der Waals surface area contributed by atoms with Gasteiger partial charge in [0.1, 0.15) is 0 Å². The van der Waals surface area contributed by atoms with Crippen LogP contribution in [0.5, 0.6) is 0 Å². The molecule has 0 spiro atoms. The Bertz CT molecular complexity index is 490. The van der Waals surface area contributed by atoms with Crippen molar-refractivity contribution in [1.82, 2.24) is 5.32 Å². The number of aliphatic hydroxyl groups excluding tert-OH is 1. The van der Waals surface area contributed by atoms with Crippen molar-refractivity contribution < 1.29 is 9.90 Å². The van der Waals surface area contributed by atoms with Gasteiger partial charge in [-0.05, 0) is 43.1 Å². The van der Waals surface area contributed by atoms with E-state index in [4.69, 9.17) is 0 Å². The zero-order valence-electron chi connectivity index (χ0n) is 13.9. The van der Waals surface area contributed by atoms with Gasteiger partial charge in [0.15, 0.2) is 0 Å². The van der Waals surface area contributed by atoms with Gasteiger partial charge >= 0.3 is 0 Å². The van der Waals surface area contributed by atoms with Gasteiger partial charge in [-0.1, -0.05) is 56.0 Å². The molecule has 3 rings (SSSR count). The van der Waals surface area contributed by atoms with Crippen molar-refractivity contribution >= 4 is 5.91 Å². The van der Waals surface area contributed by atoms with E-state index >= 15 is 0 Å². The van der Waals surface area contributed by atoms with Crippen LogP contribution in [0, 0.1) is 11.8 Å². The second kappa shape index (κ2) is 7.96. The largest absolute Gasteiger partial charge is 0.393 e. The van der Waals surface area contributed by atoms with Gasteiger partial charge in [0.25, 0.3) is 0 Å². The molecule has 1 aromatic carbocycles. The van der Waals surface area contributed by atoms with Gasteiger partial charge in [-0.15, -0.1) is 0 Å². The highest BCUT2D eigenvalue weighted by Gasteiger charge is 2.34. The van der Waals surface area contributed by atoms with E-state index in [1.807, 2.05) is 18.2 Å². The van der Waals surface area contributed by atoms with Gasteiger partial charge in [-0.3, -0.25) is 4.79 Å². The summed E-state index contributed by atoms with van der Waals surface area (Å²) in [5.41, 5.74) is 1.26. The minimum absolute atomic E-state index is 0.164. The number of benzene rings is 1. The number of nitrogens with one attached hydrogen (secondary N) is 1. The van der Waals surface area contributed by atoms with Crippen molar-refractivity contribution in [1.29, 1.82) is 0 Å². The van der Waals surface area contributed by atoms with Crippen LogP contribution < -0.4 is 5.32 Å². The molecule has 23 heavy (non-hydrogen) atoms. The Morgan fingerprint density at radius 1 is 1.17 bits per heavy atom. The first-order valence-electron chi connectivity index (χ1n) is 9.22. The Hall–Kier alpha value is -1.35. The first-order chi connectivity index (χ1) is 11.2. The van der Waals surface area contributed by atoms with Gasteiger partial charge < -0.3 is 10.4 Å². The summed E-state index contributed by atoms with van der Waals surface area (Å²) >= 11 is 0. The summed E-state index contributed by atoms with van der Waals surface area (Å²) in [6.45, 7) is 0. The quantitative estimate of drug-likeness (QED) is 0.809. The van der Waals surface area contributed by atoms with E-state index in [0.29, 0.717) is 12.3 Å². The van der Waals surface area contributed by atoms with Crippen LogP contribution in [0.15, 0.2) is 30.3 Å². The SMILES string of the molecule is O=C(CCC1CCCC1)N[C@H](Cc1ccccc1)C1CC(O)C1. The number of hydrogen-bond donors (Lipinski definition) is 2. The molecule has 2 N–H and O–H groups in total. The Labute approximate surface area is 139 Å². The summed E-state index contributed by atoms with van der Waals surface area (Å²) in [4.78, 5) is 12.4. The molecule has 0 unspecified atom stereocenters. The molecule has 0 bridgehead atoms. The molecular formula is C20H29NO2. The maximum Gasteiger partial charge on any atom is 0.220 e. The average molecular weight is 315 g/mol. The fourth-order valence-electron chi connectivity index (χ4n) is 4.08. The lowest BCUT2D eigenvalue weighted by atomic mass is 9.75. The van der Waals surface area contributed by atoms with E-state index in [1.54, 1.807) is 0 Å². The first kappa shape index (κ1) is 16.5. The number of carbonyl (C=O) groups is 1. The van der Waals surface area contributed by atoms with Gasteiger partial charge in [0, 0.05) is 12.5 Å². The van der Waals surface area contributed by atoms with E-state index in [2.05, 4.69) is 17.4 Å². The molecule has 0 aliphatic heterocycles. The number of aliphatic hydroxyl groups is 1. The maximum atomic E-state index is 12.4. The monoisotopic (exact) mass is 315 g/mol. The summed E-state index contributed by atoms with van der Waals surface area (Å²) in [5.74, 6) is 1.37. The van der Waals surface area contributed by atoms with Crippen molar-refractivity contribution in [2.45, 2.75) is 69.9 Å². The third-order valence-electron chi connectivity index (χ3n) is 5.62. The highest BCUT2D eigenvalue weighted by atomic mass is 16.3. The molecule has 0 saturated heterocycles. The fourth-order valence-corrected chi connectivity index (χ4v) is 4.08. The molecule has 126 valence electrons. The summed E-state index contributed by atoms with van der Waals surface area (Å²) in [7, 11) is 0.